The van der Waals surface area contributed by atoms with Crippen LogP contribution in [0.4, 0.5) is 0 Å². The number of halogens is 2. The van der Waals surface area contributed by atoms with Gasteiger partial charge in [-0.15, -0.1) is 0 Å². The quantitative estimate of drug-likeness (QED) is 0.765. The maximum Gasteiger partial charge on any atom is 0.147 e. The van der Waals surface area contributed by atoms with Gasteiger partial charge >= 0.3 is 0 Å². The molecule has 0 saturated carbocycles. The summed E-state index contributed by atoms with van der Waals surface area (Å²) >= 11 is 9.50. The molecule has 0 spiro atoms. The summed E-state index contributed by atoms with van der Waals surface area (Å²) in [6.07, 6.45) is 1.02. The van der Waals surface area contributed by atoms with Gasteiger partial charge in [-0.05, 0) is 28.3 Å². The summed E-state index contributed by atoms with van der Waals surface area (Å²) in [6, 6.07) is 0. The Balaban J connectivity index is 3.23. The van der Waals surface area contributed by atoms with Crippen LogP contribution in [0.25, 0.3) is 0 Å². The molecule has 0 radical (unpaired) electrons. The largest absolute Gasteiger partial charge is 0.236 e. The standard InChI is InChI=1S/C11H16BrClN2/c1-5-7(4)11-14-9(6(2)3)8(12)10(13)15-11/h6-7H,5H2,1-4H3. The fraction of sp³-hybridized carbons (Fsp3) is 0.636. The fourth-order valence-electron chi connectivity index (χ4n) is 1.24. The molecule has 0 aliphatic carbocycles. The first kappa shape index (κ1) is 12.9. The summed E-state index contributed by atoms with van der Waals surface area (Å²) in [5, 5.41) is 0.518. The van der Waals surface area contributed by atoms with Gasteiger partial charge in [0.15, 0.2) is 0 Å². The van der Waals surface area contributed by atoms with Gasteiger partial charge in [0.25, 0.3) is 0 Å². The highest BCUT2D eigenvalue weighted by Gasteiger charge is 2.16. The van der Waals surface area contributed by atoms with Gasteiger partial charge in [0, 0.05) is 5.92 Å². The van der Waals surface area contributed by atoms with Gasteiger partial charge in [-0.3, -0.25) is 0 Å². The summed E-state index contributed by atoms with van der Waals surface area (Å²) < 4.78 is 0.825. The minimum absolute atomic E-state index is 0.350. The van der Waals surface area contributed by atoms with E-state index in [1.807, 2.05) is 0 Å². The number of hydrogen-bond acceptors (Lipinski definition) is 2. The van der Waals surface area contributed by atoms with Crippen molar-refractivity contribution in [3.05, 3.63) is 21.1 Å². The number of rotatable bonds is 3. The van der Waals surface area contributed by atoms with Crippen LogP contribution in [0.5, 0.6) is 0 Å². The lowest BCUT2D eigenvalue weighted by Crippen LogP contribution is -2.06. The lowest BCUT2D eigenvalue weighted by Gasteiger charge is -2.13. The maximum atomic E-state index is 6.07. The third kappa shape index (κ3) is 2.91. The second-order valence-electron chi connectivity index (χ2n) is 4.04. The van der Waals surface area contributed by atoms with Gasteiger partial charge in [0.1, 0.15) is 11.0 Å². The SMILES string of the molecule is CCC(C)c1nc(Cl)c(Br)c(C(C)C)n1. The van der Waals surface area contributed by atoms with Crippen LogP contribution in [0.2, 0.25) is 5.15 Å². The lowest BCUT2D eigenvalue weighted by atomic mass is 10.1. The summed E-state index contributed by atoms with van der Waals surface area (Å²) in [7, 11) is 0. The van der Waals surface area contributed by atoms with E-state index in [1.54, 1.807) is 0 Å². The Bertz CT molecular complexity index is 353. The highest BCUT2D eigenvalue weighted by molar-refractivity contribution is 9.10. The molecule has 84 valence electrons. The van der Waals surface area contributed by atoms with E-state index in [-0.39, 0.29) is 0 Å². The first-order chi connectivity index (χ1) is 6.97. The molecule has 2 nitrogen and oxygen atoms in total. The van der Waals surface area contributed by atoms with Gasteiger partial charge in [-0.1, -0.05) is 39.3 Å². The van der Waals surface area contributed by atoms with Crippen molar-refractivity contribution >= 4 is 27.5 Å². The third-order valence-electron chi connectivity index (χ3n) is 2.45. The van der Waals surface area contributed by atoms with Crippen LogP contribution in [0.3, 0.4) is 0 Å². The van der Waals surface area contributed by atoms with Crippen LogP contribution < -0.4 is 0 Å². The van der Waals surface area contributed by atoms with E-state index >= 15 is 0 Å². The minimum Gasteiger partial charge on any atom is -0.236 e. The predicted molar refractivity (Wildman–Crippen MR) is 67.5 cm³/mol. The Morgan fingerprint density at radius 3 is 2.33 bits per heavy atom. The molecule has 1 aromatic heterocycles. The van der Waals surface area contributed by atoms with Crippen LogP contribution in [-0.2, 0) is 0 Å². The van der Waals surface area contributed by atoms with Gasteiger partial charge in [0.2, 0.25) is 0 Å². The Morgan fingerprint density at radius 1 is 1.27 bits per heavy atom. The van der Waals surface area contributed by atoms with Gasteiger partial charge in [-0.2, -0.15) is 0 Å². The molecule has 1 atom stereocenters. The average Bonchev–Trinajstić information content (AvgIpc) is 2.20. The van der Waals surface area contributed by atoms with E-state index in [4.69, 9.17) is 11.6 Å². The molecule has 4 heteroatoms. The number of aromatic nitrogens is 2. The molecule has 1 unspecified atom stereocenters. The van der Waals surface area contributed by atoms with E-state index in [0.717, 1.165) is 22.4 Å². The van der Waals surface area contributed by atoms with Crippen molar-refractivity contribution in [2.75, 3.05) is 0 Å². The Labute approximate surface area is 105 Å². The highest BCUT2D eigenvalue weighted by Crippen LogP contribution is 2.30. The molecule has 1 rings (SSSR count). The second-order valence-corrected chi connectivity index (χ2v) is 5.19. The van der Waals surface area contributed by atoms with Crippen molar-refractivity contribution in [2.45, 2.75) is 46.0 Å². The Kier molecular flexibility index (Phi) is 4.53. The molecule has 1 aromatic rings. The smallest absolute Gasteiger partial charge is 0.147 e. The molecule has 0 bridgehead atoms. The molecular formula is C11H16BrClN2. The minimum atomic E-state index is 0.350. The van der Waals surface area contributed by atoms with Crippen LogP contribution in [0.1, 0.15) is 57.5 Å². The average molecular weight is 292 g/mol. The Hall–Kier alpha value is -0.150. The van der Waals surface area contributed by atoms with Gasteiger partial charge in [0.05, 0.1) is 10.2 Å². The van der Waals surface area contributed by atoms with Crippen LogP contribution in [0.15, 0.2) is 4.47 Å². The molecule has 0 aliphatic heterocycles. The van der Waals surface area contributed by atoms with E-state index < -0.39 is 0 Å². The topological polar surface area (TPSA) is 25.8 Å². The van der Waals surface area contributed by atoms with Crippen molar-refractivity contribution < 1.29 is 0 Å². The first-order valence-corrected chi connectivity index (χ1v) is 6.37. The number of nitrogens with zero attached hydrogens (tertiary/aromatic N) is 2. The van der Waals surface area contributed by atoms with Crippen LogP contribution in [-0.4, -0.2) is 9.97 Å². The van der Waals surface area contributed by atoms with E-state index in [0.29, 0.717) is 17.0 Å². The molecule has 15 heavy (non-hydrogen) atoms. The molecule has 0 aliphatic rings. The van der Waals surface area contributed by atoms with Crippen molar-refractivity contribution in [3.63, 3.8) is 0 Å². The molecule has 1 heterocycles. The van der Waals surface area contributed by atoms with Crippen LogP contribution >= 0.6 is 27.5 Å². The van der Waals surface area contributed by atoms with Crippen LogP contribution in [0, 0.1) is 0 Å². The Morgan fingerprint density at radius 2 is 1.87 bits per heavy atom. The van der Waals surface area contributed by atoms with Gasteiger partial charge in [-0.25, -0.2) is 9.97 Å². The predicted octanol–water partition coefficient (Wildman–Crippen LogP) is 4.53. The monoisotopic (exact) mass is 290 g/mol. The zero-order valence-electron chi connectivity index (χ0n) is 9.51. The molecular weight excluding hydrogens is 275 g/mol. The summed E-state index contributed by atoms with van der Waals surface area (Å²) in [5.74, 6) is 1.55. The van der Waals surface area contributed by atoms with Crippen molar-refractivity contribution in [1.82, 2.24) is 9.97 Å². The lowest BCUT2D eigenvalue weighted by molar-refractivity contribution is 0.659. The normalized spacial score (nSPS) is 13.3. The molecule has 0 N–H and O–H groups in total. The van der Waals surface area contributed by atoms with Crippen molar-refractivity contribution in [2.24, 2.45) is 0 Å². The first-order valence-electron chi connectivity index (χ1n) is 5.20. The van der Waals surface area contributed by atoms with E-state index in [2.05, 4.69) is 53.6 Å². The number of hydrogen-bond donors (Lipinski definition) is 0. The zero-order chi connectivity index (χ0) is 11.6. The summed E-state index contributed by atoms with van der Waals surface area (Å²) in [4.78, 5) is 8.85. The van der Waals surface area contributed by atoms with E-state index in [9.17, 15) is 0 Å². The molecule has 0 aromatic carbocycles. The summed E-state index contributed by atoms with van der Waals surface area (Å²) in [6.45, 7) is 8.44. The van der Waals surface area contributed by atoms with Crippen molar-refractivity contribution in [1.29, 1.82) is 0 Å². The van der Waals surface area contributed by atoms with Crippen molar-refractivity contribution in [3.8, 4) is 0 Å². The van der Waals surface area contributed by atoms with Gasteiger partial charge < -0.3 is 0 Å². The molecule has 0 fully saturated rings. The highest BCUT2D eigenvalue weighted by atomic mass is 79.9. The maximum absolute atomic E-state index is 6.07. The summed E-state index contributed by atoms with van der Waals surface area (Å²) in [5.41, 5.74) is 0.991. The zero-order valence-corrected chi connectivity index (χ0v) is 11.9. The molecule has 0 saturated heterocycles. The molecule has 0 amide bonds. The second kappa shape index (κ2) is 5.26. The third-order valence-corrected chi connectivity index (χ3v) is 3.74. The fourth-order valence-corrected chi connectivity index (χ4v) is 2.06. The van der Waals surface area contributed by atoms with E-state index in [1.165, 1.54) is 0 Å².